The maximum atomic E-state index is 11.0. The Bertz CT molecular complexity index is 796. The Balaban J connectivity index is 2.33. The van der Waals surface area contributed by atoms with Crippen molar-refractivity contribution in [3.05, 3.63) is 39.8 Å². The van der Waals surface area contributed by atoms with Gasteiger partial charge in [-0.3, -0.25) is 4.40 Å². The lowest BCUT2D eigenvalue weighted by Gasteiger charge is -2.01. The van der Waals surface area contributed by atoms with E-state index in [4.69, 9.17) is 21.1 Å². The maximum Gasteiger partial charge on any atom is 0.337 e. The number of pyridine rings is 1. The van der Waals surface area contributed by atoms with Gasteiger partial charge in [0.25, 0.3) is 0 Å². The van der Waals surface area contributed by atoms with Crippen molar-refractivity contribution in [2.24, 2.45) is 0 Å². The first-order valence-corrected chi connectivity index (χ1v) is 6.26. The summed E-state index contributed by atoms with van der Waals surface area (Å²) in [6.07, 6.45) is 2.90. The van der Waals surface area contributed by atoms with Crippen LogP contribution >= 0.6 is 27.5 Å². The largest absolute Gasteiger partial charge is 0.478 e. The molecule has 0 saturated carbocycles. The Kier molecular flexibility index (Phi) is 2.79. The van der Waals surface area contributed by atoms with Crippen LogP contribution in [0.4, 0.5) is 0 Å². The van der Waals surface area contributed by atoms with E-state index >= 15 is 0 Å². The zero-order valence-corrected chi connectivity index (χ0v) is 11.5. The lowest BCUT2D eigenvalue weighted by atomic mass is 10.2. The number of hydrogen-bond acceptors (Lipinski definition) is 4. The van der Waals surface area contributed by atoms with E-state index in [1.807, 2.05) is 0 Å². The zero-order chi connectivity index (χ0) is 13.6. The molecule has 0 aromatic carbocycles. The number of fused-ring (bicyclic) bond motifs is 1. The Labute approximate surface area is 119 Å². The second-order valence-corrected chi connectivity index (χ2v) is 4.83. The SMILES string of the molecule is O=C(O)c1cc(Cl)c2nnc(-c3ccoc3Br)n2c1. The molecule has 3 aromatic rings. The molecule has 0 amide bonds. The summed E-state index contributed by atoms with van der Waals surface area (Å²) in [5, 5.41) is 17.2. The third kappa shape index (κ3) is 1.91. The Hall–Kier alpha value is -1.86. The molecule has 0 bridgehead atoms. The molecular weight excluding hydrogens is 337 g/mol. The third-order valence-electron chi connectivity index (χ3n) is 2.57. The van der Waals surface area contributed by atoms with Crippen LogP contribution in [0.15, 0.2) is 33.7 Å². The van der Waals surface area contributed by atoms with Crippen molar-refractivity contribution in [1.29, 1.82) is 0 Å². The van der Waals surface area contributed by atoms with Gasteiger partial charge < -0.3 is 9.52 Å². The van der Waals surface area contributed by atoms with Crippen LogP contribution in [0, 0.1) is 0 Å². The summed E-state index contributed by atoms with van der Waals surface area (Å²) in [7, 11) is 0. The van der Waals surface area contributed by atoms with Crippen molar-refractivity contribution in [1.82, 2.24) is 14.6 Å². The molecular formula is C11H5BrClN3O3. The minimum absolute atomic E-state index is 0.0539. The van der Waals surface area contributed by atoms with Gasteiger partial charge in [-0.1, -0.05) is 11.6 Å². The predicted molar refractivity (Wildman–Crippen MR) is 70.4 cm³/mol. The van der Waals surface area contributed by atoms with E-state index in [-0.39, 0.29) is 10.6 Å². The second kappa shape index (κ2) is 4.36. The highest BCUT2D eigenvalue weighted by atomic mass is 79.9. The summed E-state index contributed by atoms with van der Waals surface area (Å²) in [6, 6.07) is 3.03. The lowest BCUT2D eigenvalue weighted by Crippen LogP contribution is -2.00. The number of aromatic carboxylic acids is 1. The molecule has 0 aliphatic heterocycles. The summed E-state index contributed by atoms with van der Waals surface area (Å²) >= 11 is 9.24. The molecule has 3 rings (SSSR count). The Morgan fingerprint density at radius 2 is 2.26 bits per heavy atom. The first-order chi connectivity index (χ1) is 9.08. The van der Waals surface area contributed by atoms with Gasteiger partial charge in [0, 0.05) is 6.20 Å². The van der Waals surface area contributed by atoms with Crippen molar-refractivity contribution in [3.63, 3.8) is 0 Å². The van der Waals surface area contributed by atoms with Crippen LogP contribution in [0.3, 0.4) is 0 Å². The monoisotopic (exact) mass is 341 g/mol. The average molecular weight is 343 g/mol. The summed E-state index contributed by atoms with van der Waals surface area (Å²) < 4.78 is 7.13. The third-order valence-corrected chi connectivity index (χ3v) is 3.46. The molecule has 0 radical (unpaired) electrons. The van der Waals surface area contributed by atoms with E-state index in [9.17, 15) is 4.79 Å². The molecule has 6 nitrogen and oxygen atoms in total. The van der Waals surface area contributed by atoms with Crippen LogP contribution < -0.4 is 0 Å². The highest BCUT2D eigenvalue weighted by molar-refractivity contribution is 9.10. The number of furan rings is 1. The minimum Gasteiger partial charge on any atom is -0.478 e. The van der Waals surface area contributed by atoms with Gasteiger partial charge in [-0.2, -0.15) is 0 Å². The highest BCUT2D eigenvalue weighted by Gasteiger charge is 2.17. The minimum atomic E-state index is -1.07. The Morgan fingerprint density at radius 3 is 2.89 bits per heavy atom. The number of carboxylic acids is 1. The van der Waals surface area contributed by atoms with E-state index in [2.05, 4.69) is 26.1 Å². The van der Waals surface area contributed by atoms with Crippen molar-refractivity contribution >= 4 is 39.1 Å². The van der Waals surface area contributed by atoms with E-state index in [0.717, 1.165) is 0 Å². The first kappa shape index (κ1) is 12.2. The van der Waals surface area contributed by atoms with E-state index in [1.165, 1.54) is 22.9 Å². The number of rotatable bonds is 2. The van der Waals surface area contributed by atoms with E-state index in [0.29, 0.717) is 21.7 Å². The van der Waals surface area contributed by atoms with Crippen LogP contribution in [0.5, 0.6) is 0 Å². The van der Waals surface area contributed by atoms with Crippen LogP contribution in [-0.4, -0.2) is 25.7 Å². The van der Waals surface area contributed by atoms with Gasteiger partial charge in [0.15, 0.2) is 16.1 Å². The fraction of sp³-hybridized carbons (Fsp3) is 0. The number of carboxylic acid groups (broad SMARTS) is 1. The molecule has 0 aliphatic rings. The first-order valence-electron chi connectivity index (χ1n) is 5.09. The van der Waals surface area contributed by atoms with Gasteiger partial charge in [0.2, 0.25) is 0 Å². The lowest BCUT2D eigenvalue weighted by molar-refractivity contribution is 0.0696. The standard InChI is InChI=1S/C11H5BrClN3O3/c12-8-6(1-2-19-8)9-14-15-10-7(13)3-5(11(17)18)4-16(9)10/h1-4H,(H,17,18). The normalized spacial score (nSPS) is 11.1. The van der Waals surface area contributed by atoms with Crippen LogP contribution in [-0.2, 0) is 0 Å². The molecule has 8 heteroatoms. The molecule has 96 valence electrons. The number of hydrogen-bond donors (Lipinski definition) is 1. The fourth-order valence-electron chi connectivity index (χ4n) is 1.71. The van der Waals surface area contributed by atoms with E-state index < -0.39 is 5.97 Å². The Morgan fingerprint density at radius 1 is 1.47 bits per heavy atom. The van der Waals surface area contributed by atoms with Crippen molar-refractivity contribution in [3.8, 4) is 11.4 Å². The molecule has 3 heterocycles. The van der Waals surface area contributed by atoms with Crippen molar-refractivity contribution in [2.75, 3.05) is 0 Å². The summed E-state index contributed by atoms with van der Waals surface area (Å²) in [4.78, 5) is 11.0. The molecule has 1 N–H and O–H groups in total. The second-order valence-electron chi connectivity index (χ2n) is 3.71. The number of aromatic nitrogens is 3. The van der Waals surface area contributed by atoms with Crippen molar-refractivity contribution < 1.29 is 14.3 Å². The predicted octanol–water partition coefficient (Wildman–Crippen LogP) is 3.10. The van der Waals surface area contributed by atoms with Crippen molar-refractivity contribution in [2.45, 2.75) is 0 Å². The van der Waals surface area contributed by atoms with Crippen LogP contribution in [0.2, 0.25) is 5.02 Å². The average Bonchev–Trinajstić information content (AvgIpc) is 2.94. The van der Waals surface area contributed by atoms with Gasteiger partial charge >= 0.3 is 5.97 Å². The smallest absolute Gasteiger partial charge is 0.337 e. The molecule has 0 spiro atoms. The quantitative estimate of drug-likeness (QED) is 0.774. The number of nitrogens with zero attached hydrogens (tertiary/aromatic N) is 3. The van der Waals surface area contributed by atoms with Gasteiger partial charge in [-0.15, -0.1) is 10.2 Å². The molecule has 0 fully saturated rings. The molecule has 0 atom stereocenters. The summed E-state index contributed by atoms with van der Waals surface area (Å²) in [5.74, 6) is -0.629. The van der Waals surface area contributed by atoms with Gasteiger partial charge in [0.05, 0.1) is 22.4 Å². The molecule has 0 aliphatic carbocycles. The number of halogens is 2. The molecule has 19 heavy (non-hydrogen) atoms. The maximum absolute atomic E-state index is 11.0. The molecule has 0 unspecified atom stereocenters. The highest BCUT2D eigenvalue weighted by Crippen LogP contribution is 2.30. The number of carbonyl (C=O) groups is 1. The van der Waals surface area contributed by atoms with E-state index in [1.54, 1.807) is 6.07 Å². The van der Waals surface area contributed by atoms with Gasteiger partial charge in [0.1, 0.15) is 0 Å². The summed E-state index contributed by atoms with van der Waals surface area (Å²) in [6.45, 7) is 0. The summed E-state index contributed by atoms with van der Waals surface area (Å²) in [5.41, 5.74) is 1.10. The zero-order valence-electron chi connectivity index (χ0n) is 9.17. The van der Waals surface area contributed by atoms with Crippen LogP contribution in [0.25, 0.3) is 17.0 Å². The van der Waals surface area contributed by atoms with Crippen LogP contribution in [0.1, 0.15) is 10.4 Å². The molecule has 0 saturated heterocycles. The topological polar surface area (TPSA) is 80.6 Å². The fourth-order valence-corrected chi connectivity index (χ4v) is 2.37. The van der Waals surface area contributed by atoms with Gasteiger partial charge in [-0.05, 0) is 28.1 Å². The molecule has 3 aromatic heterocycles. The van der Waals surface area contributed by atoms with Gasteiger partial charge in [-0.25, -0.2) is 4.79 Å².